The van der Waals surface area contributed by atoms with Crippen LogP contribution < -0.4 is 21.4 Å². The summed E-state index contributed by atoms with van der Waals surface area (Å²) >= 11 is 0. The number of amides is 4. The van der Waals surface area contributed by atoms with E-state index in [1.165, 1.54) is 36.6 Å². The molecule has 2 aliphatic heterocycles. The van der Waals surface area contributed by atoms with Crippen molar-refractivity contribution in [3.05, 3.63) is 77.9 Å². The molecule has 2 fully saturated rings. The first-order valence-corrected chi connectivity index (χ1v) is 22.4. The summed E-state index contributed by atoms with van der Waals surface area (Å²) in [5, 5.41) is 31.9. The van der Waals surface area contributed by atoms with Crippen LogP contribution in [0, 0.1) is 17.8 Å². The third-order valence-electron chi connectivity index (χ3n) is 11.9. The van der Waals surface area contributed by atoms with Gasteiger partial charge in [0.05, 0.1) is 12.0 Å². The van der Waals surface area contributed by atoms with Crippen LogP contribution in [0.15, 0.2) is 72.4 Å². The standard InChI is InChI=1S/C48H69N5O9/c1-31(2)43-46(59)50-40(30-35-20-15-23-37(55)29-35)47(60)53-28-16-25-39(52-53)48(61)62-41(32(3)18-13-27-42(56)49-36-21-10-8-11-22-36)26-12-7-6-9-17-33(4)44(57)38(45(58)51-43)24-14-19-34(5)54/h6-7,9,12-13,15,18,20,23,27,29,31,33,36,38-41,43-44,52,55,57H,8,10-11,14,16-17,19,21-22,24-26,28,30H2,1-5H3,(H,49,56)(H,50,59)(H,51,58). The number of ether oxygens (including phenoxy) is 1. The second-order valence-corrected chi connectivity index (χ2v) is 17.5. The fourth-order valence-electron chi connectivity index (χ4n) is 8.14. The number of nitrogens with one attached hydrogen (secondary N) is 4. The minimum absolute atomic E-state index is 0.00690. The van der Waals surface area contributed by atoms with Crippen LogP contribution in [0.1, 0.15) is 117 Å². The van der Waals surface area contributed by atoms with E-state index in [9.17, 15) is 39.0 Å². The molecule has 3 aliphatic rings. The molecule has 6 N–H and O–H groups in total. The van der Waals surface area contributed by atoms with Crippen LogP contribution >= 0.6 is 0 Å². The number of fused-ring (bicyclic) bond motifs is 2. The Morgan fingerprint density at radius 2 is 1.69 bits per heavy atom. The van der Waals surface area contributed by atoms with Crippen molar-refractivity contribution < 1.29 is 43.7 Å². The van der Waals surface area contributed by atoms with Gasteiger partial charge in [0, 0.05) is 37.9 Å². The van der Waals surface area contributed by atoms with Crippen LogP contribution in [0.2, 0.25) is 0 Å². The highest BCUT2D eigenvalue weighted by molar-refractivity contribution is 5.93. The number of benzene rings is 1. The van der Waals surface area contributed by atoms with Crippen LogP contribution in [-0.4, -0.2) is 93.5 Å². The summed E-state index contributed by atoms with van der Waals surface area (Å²) in [7, 11) is 0. The molecule has 1 saturated heterocycles. The van der Waals surface area contributed by atoms with Crippen molar-refractivity contribution in [2.24, 2.45) is 17.8 Å². The summed E-state index contributed by atoms with van der Waals surface area (Å²) in [6.07, 6.45) is 18.2. The molecule has 1 saturated carbocycles. The molecule has 7 atom stereocenters. The van der Waals surface area contributed by atoms with E-state index in [0.29, 0.717) is 43.2 Å². The predicted molar refractivity (Wildman–Crippen MR) is 237 cm³/mol. The van der Waals surface area contributed by atoms with E-state index < -0.39 is 65.9 Å². The van der Waals surface area contributed by atoms with E-state index in [4.69, 9.17) is 4.74 Å². The lowest BCUT2D eigenvalue weighted by Crippen LogP contribution is -2.62. The van der Waals surface area contributed by atoms with E-state index in [-0.39, 0.29) is 55.2 Å². The number of ketones is 1. The number of cyclic esters (lactones) is 1. The van der Waals surface area contributed by atoms with Gasteiger partial charge in [0.1, 0.15) is 35.8 Å². The van der Waals surface area contributed by atoms with Crippen LogP contribution in [-0.2, 0) is 39.9 Å². The number of Topliss-reactive ketones (excluding diaryl/α,β-unsaturated/α-hetero) is 1. The molecule has 2 bridgehead atoms. The largest absolute Gasteiger partial charge is 0.508 e. The van der Waals surface area contributed by atoms with Crippen LogP contribution in [0.3, 0.4) is 0 Å². The van der Waals surface area contributed by atoms with Crippen molar-refractivity contribution in [1.29, 1.82) is 0 Å². The molecule has 4 rings (SSSR count). The van der Waals surface area contributed by atoms with Gasteiger partial charge >= 0.3 is 5.97 Å². The predicted octanol–water partition coefficient (Wildman–Crippen LogP) is 5.20. The van der Waals surface area contributed by atoms with Crippen molar-refractivity contribution in [2.75, 3.05) is 6.54 Å². The smallest absolute Gasteiger partial charge is 0.325 e. The maximum absolute atomic E-state index is 14.4. The molecule has 0 spiro atoms. The lowest BCUT2D eigenvalue weighted by atomic mass is 9.85. The monoisotopic (exact) mass is 860 g/mol. The second-order valence-electron chi connectivity index (χ2n) is 17.5. The molecule has 1 aliphatic carbocycles. The first-order valence-electron chi connectivity index (χ1n) is 22.4. The molecule has 4 amide bonds. The fraction of sp³-hybridized carbons (Fsp3) is 0.583. The molecule has 14 nitrogen and oxygen atoms in total. The Labute approximate surface area is 367 Å². The fourth-order valence-corrected chi connectivity index (χ4v) is 8.14. The van der Waals surface area contributed by atoms with Gasteiger partial charge in [-0.1, -0.05) is 88.6 Å². The molecule has 2 heterocycles. The number of phenols is 1. The number of hydrazine groups is 1. The number of aliphatic hydroxyl groups is 1. The molecule has 340 valence electrons. The quantitative estimate of drug-likeness (QED) is 0.0976. The highest BCUT2D eigenvalue weighted by Gasteiger charge is 2.38. The van der Waals surface area contributed by atoms with Gasteiger partial charge in [0.15, 0.2) is 0 Å². The number of esters is 1. The van der Waals surface area contributed by atoms with Crippen molar-refractivity contribution in [3.8, 4) is 5.75 Å². The number of aromatic hydroxyl groups is 1. The topological polar surface area (TPSA) is 203 Å². The summed E-state index contributed by atoms with van der Waals surface area (Å²) in [6, 6.07) is 3.38. The molecule has 0 radical (unpaired) electrons. The van der Waals surface area contributed by atoms with Crippen molar-refractivity contribution >= 4 is 35.4 Å². The number of nitrogens with zero attached hydrogens (tertiary/aromatic N) is 1. The first-order chi connectivity index (χ1) is 29.6. The molecule has 14 heteroatoms. The molecule has 1 aromatic carbocycles. The number of rotatable bonds is 11. The van der Waals surface area contributed by atoms with Gasteiger partial charge in [-0.3, -0.25) is 29.0 Å². The summed E-state index contributed by atoms with van der Waals surface area (Å²) in [5.41, 5.74) is 4.31. The summed E-state index contributed by atoms with van der Waals surface area (Å²) in [4.78, 5) is 80.9. The van der Waals surface area contributed by atoms with Crippen molar-refractivity contribution in [1.82, 2.24) is 26.4 Å². The average Bonchev–Trinajstić information content (AvgIpc) is 3.23. The minimum atomic E-state index is -1.17. The normalized spacial score (nSPS) is 26.9. The number of aliphatic hydroxyl groups excluding tert-OH is 1. The third-order valence-corrected chi connectivity index (χ3v) is 11.9. The minimum Gasteiger partial charge on any atom is -0.508 e. The number of hydrogen-bond acceptors (Lipinski definition) is 10. The van der Waals surface area contributed by atoms with Crippen LogP contribution in [0.5, 0.6) is 5.75 Å². The van der Waals surface area contributed by atoms with E-state index in [1.54, 1.807) is 38.1 Å². The number of phenolic OH excluding ortho intramolecular Hbond substituents is 1. The lowest BCUT2D eigenvalue weighted by Gasteiger charge is -2.36. The average molecular weight is 860 g/mol. The zero-order valence-corrected chi connectivity index (χ0v) is 37.1. The van der Waals surface area contributed by atoms with Gasteiger partial charge in [-0.05, 0) is 93.9 Å². The van der Waals surface area contributed by atoms with Crippen molar-refractivity contribution in [3.63, 3.8) is 0 Å². The third kappa shape index (κ3) is 16.0. The SMILES string of the molecule is CC(=O)CCCC1C(=O)NC(C(C)C)C(=O)NC(Cc2cccc(O)c2)C(=O)N2CCCC(N2)C(=O)OC(C(C)=CC=CC(=O)NC2CCCCC2)CC=CC=CCC(C)C1O. The Hall–Kier alpha value is -5.08. The number of carbonyl (C=O) groups is 6. The molecule has 1 aromatic rings. The van der Waals surface area contributed by atoms with Gasteiger partial charge in [0.25, 0.3) is 5.91 Å². The van der Waals surface area contributed by atoms with Crippen molar-refractivity contribution in [2.45, 2.75) is 154 Å². The van der Waals surface area contributed by atoms with Crippen LogP contribution in [0.25, 0.3) is 0 Å². The van der Waals surface area contributed by atoms with Gasteiger partial charge in [-0.15, -0.1) is 0 Å². The highest BCUT2D eigenvalue weighted by atomic mass is 16.5. The van der Waals surface area contributed by atoms with Gasteiger partial charge < -0.3 is 35.7 Å². The van der Waals surface area contributed by atoms with E-state index in [2.05, 4.69) is 21.4 Å². The zero-order valence-electron chi connectivity index (χ0n) is 37.1. The number of carbonyl (C=O) groups excluding carboxylic acids is 6. The summed E-state index contributed by atoms with van der Waals surface area (Å²) in [6.45, 7) is 8.90. The van der Waals surface area contributed by atoms with Crippen LogP contribution in [0.4, 0.5) is 0 Å². The Kier molecular flexibility index (Phi) is 20.1. The highest BCUT2D eigenvalue weighted by Crippen LogP contribution is 2.24. The van der Waals surface area contributed by atoms with E-state index >= 15 is 0 Å². The molecule has 7 unspecified atom stereocenters. The Morgan fingerprint density at radius 3 is 2.39 bits per heavy atom. The molecular formula is C48H69N5O9. The first kappa shape index (κ1) is 49.6. The molecule has 0 aromatic heterocycles. The van der Waals surface area contributed by atoms with E-state index in [0.717, 1.165) is 25.7 Å². The molecular weight excluding hydrogens is 791 g/mol. The van der Waals surface area contributed by atoms with Gasteiger partial charge in [-0.2, -0.15) is 0 Å². The summed E-state index contributed by atoms with van der Waals surface area (Å²) < 4.78 is 6.11. The zero-order chi connectivity index (χ0) is 45.2. The Morgan fingerprint density at radius 1 is 0.968 bits per heavy atom. The molecule has 62 heavy (non-hydrogen) atoms. The van der Waals surface area contributed by atoms with E-state index in [1.807, 2.05) is 38.2 Å². The summed E-state index contributed by atoms with van der Waals surface area (Å²) in [5.74, 6) is -4.18. The number of allylic oxidation sites excluding steroid dienone is 5. The number of hydrogen-bond donors (Lipinski definition) is 6. The lowest BCUT2D eigenvalue weighted by molar-refractivity contribution is -0.156. The van der Waals surface area contributed by atoms with Gasteiger partial charge in [-0.25, -0.2) is 5.43 Å². The Balaban J connectivity index is 1.66. The van der Waals surface area contributed by atoms with Gasteiger partial charge in [0.2, 0.25) is 17.7 Å². The second kappa shape index (κ2) is 25.1. The Bertz CT molecular complexity index is 1820. The maximum Gasteiger partial charge on any atom is 0.325 e. The maximum atomic E-state index is 14.4.